The number of thioether (sulfide) groups is 1. The third-order valence-electron chi connectivity index (χ3n) is 2.81. The van der Waals surface area contributed by atoms with E-state index >= 15 is 0 Å². The van der Waals surface area contributed by atoms with Crippen LogP contribution < -0.4 is 5.32 Å². The quantitative estimate of drug-likeness (QED) is 0.614. The minimum absolute atomic E-state index is 0.364. The summed E-state index contributed by atoms with van der Waals surface area (Å²) in [6.07, 6.45) is 0.641. The zero-order chi connectivity index (χ0) is 15.4. The van der Waals surface area contributed by atoms with Gasteiger partial charge >= 0.3 is 0 Å². The fraction of sp³-hybridized carbons (Fsp3) is 0.286. The molecule has 0 radical (unpaired) electrons. The van der Waals surface area contributed by atoms with E-state index in [0.717, 1.165) is 0 Å². The first-order chi connectivity index (χ1) is 10.0. The molecule has 0 aliphatic rings. The van der Waals surface area contributed by atoms with Gasteiger partial charge in [-0.05, 0) is 19.1 Å². The van der Waals surface area contributed by atoms with Crippen LogP contribution in [-0.4, -0.2) is 15.7 Å². The van der Waals surface area contributed by atoms with E-state index in [1.54, 1.807) is 31.2 Å². The Balaban J connectivity index is 2.36. The monoisotopic (exact) mass is 329 g/mol. The molecule has 0 aliphatic carbocycles. The Kier molecular flexibility index (Phi) is 5.36. The maximum atomic E-state index is 12.6. The summed E-state index contributed by atoms with van der Waals surface area (Å²) in [7, 11) is 0. The highest BCUT2D eigenvalue weighted by molar-refractivity contribution is 7.99. The molecular formula is C14H14ClF2N3S. The van der Waals surface area contributed by atoms with Gasteiger partial charge in [-0.2, -0.15) is 8.78 Å². The Morgan fingerprint density at radius 1 is 1.29 bits per heavy atom. The van der Waals surface area contributed by atoms with Gasteiger partial charge in [-0.3, -0.25) is 0 Å². The second-order valence-electron chi connectivity index (χ2n) is 4.26. The van der Waals surface area contributed by atoms with E-state index in [2.05, 4.69) is 15.3 Å². The van der Waals surface area contributed by atoms with Crippen LogP contribution in [0.25, 0.3) is 0 Å². The molecule has 0 amide bonds. The van der Waals surface area contributed by atoms with Crippen LogP contribution in [0.1, 0.15) is 18.3 Å². The molecule has 0 saturated heterocycles. The molecule has 0 saturated carbocycles. The molecule has 1 heterocycles. The zero-order valence-electron chi connectivity index (χ0n) is 11.5. The van der Waals surface area contributed by atoms with Crippen molar-refractivity contribution >= 4 is 34.9 Å². The van der Waals surface area contributed by atoms with Crippen molar-refractivity contribution in [1.82, 2.24) is 9.97 Å². The summed E-state index contributed by atoms with van der Waals surface area (Å²) in [5.41, 5.74) is 1.26. The summed E-state index contributed by atoms with van der Waals surface area (Å²) < 4.78 is 25.2. The predicted octanol–water partition coefficient (Wildman–Crippen LogP) is 5.06. The number of anilines is 2. The molecule has 0 unspecified atom stereocenters. The Hall–Kier alpha value is -1.40. The Labute approximate surface area is 131 Å². The second-order valence-corrected chi connectivity index (χ2v) is 5.65. The van der Waals surface area contributed by atoms with Gasteiger partial charge in [0.2, 0.25) is 0 Å². The lowest BCUT2D eigenvalue weighted by Crippen LogP contribution is -2.04. The molecule has 0 bridgehead atoms. The number of para-hydroxylation sites is 1. The van der Waals surface area contributed by atoms with E-state index in [1.807, 2.05) is 6.92 Å². The Morgan fingerprint density at radius 3 is 2.67 bits per heavy atom. The van der Waals surface area contributed by atoms with E-state index in [1.165, 1.54) is 0 Å². The first kappa shape index (κ1) is 16.0. The van der Waals surface area contributed by atoms with Gasteiger partial charge in [-0.15, -0.1) is 0 Å². The first-order valence-corrected chi connectivity index (χ1v) is 7.61. The van der Waals surface area contributed by atoms with Gasteiger partial charge < -0.3 is 5.32 Å². The van der Waals surface area contributed by atoms with Crippen molar-refractivity contribution in [2.75, 3.05) is 5.32 Å². The first-order valence-electron chi connectivity index (χ1n) is 6.35. The molecule has 21 heavy (non-hydrogen) atoms. The van der Waals surface area contributed by atoms with Crippen molar-refractivity contribution in [3.63, 3.8) is 0 Å². The third-order valence-corrected chi connectivity index (χ3v) is 3.96. The smallest absolute Gasteiger partial charge is 0.288 e. The highest BCUT2D eigenvalue weighted by Crippen LogP contribution is 2.34. The highest BCUT2D eigenvalue weighted by atomic mass is 35.5. The Bertz CT molecular complexity index is 638. The fourth-order valence-corrected chi connectivity index (χ4v) is 2.49. The van der Waals surface area contributed by atoms with Crippen LogP contribution >= 0.6 is 23.4 Å². The summed E-state index contributed by atoms with van der Waals surface area (Å²) in [6, 6.07) is 6.85. The van der Waals surface area contributed by atoms with Crippen LogP contribution in [0.5, 0.6) is 0 Å². The van der Waals surface area contributed by atoms with Gasteiger partial charge in [0, 0.05) is 16.9 Å². The largest absolute Gasteiger partial charge is 0.339 e. The number of aromatic nitrogens is 2. The number of rotatable bonds is 5. The number of benzene rings is 1. The minimum Gasteiger partial charge on any atom is -0.339 e. The number of nitrogens with zero attached hydrogens (tertiary/aromatic N) is 2. The number of alkyl halides is 2. The standard InChI is InChI=1S/C14H14ClF2N3S/c1-3-11-19-12(15)8(2)13(20-11)18-9-6-4-5-7-10(9)21-14(16)17/h4-7,14H,3H2,1-2H3,(H,18,19,20). The molecule has 1 N–H and O–H groups in total. The van der Waals surface area contributed by atoms with Gasteiger partial charge in [0.05, 0.1) is 5.69 Å². The van der Waals surface area contributed by atoms with Gasteiger partial charge in [0.15, 0.2) is 0 Å². The normalized spacial score (nSPS) is 11.0. The topological polar surface area (TPSA) is 37.8 Å². The molecular weight excluding hydrogens is 316 g/mol. The summed E-state index contributed by atoms with van der Waals surface area (Å²) in [6.45, 7) is 3.71. The van der Waals surface area contributed by atoms with Crippen LogP contribution in [-0.2, 0) is 6.42 Å². The van der Waals surface area contributed by atoms with Crippen molar-refractivity contribution < 1.29 is 8.78 Å². The van der Waals surface area contributed by atoms with Gasteiger partial charge in [0.1, 0.15) is 16.8 Å². The van der Waals surface area contributed by atoms with Gasteiger partial charge in [-0.25, -0.2) is 9.97 Å². The SMILES string of the molecule is CCc1nc(Cl)c(C)c(Nc2ccccc2SC(F)F)n1. The zero-order valence-corrected chi connectivity index (χ0v) is 13.1. The fourth-order valence-electron chi connectivity index (χ4n) is 1.71. The molecule has 0 fully saturated rings. The van der Waals surface area contributed by atoms with E-state index in [4.69, 9.17) is 11.6 Å². The van der Waals surface area contributed by atoms with E-state index in [0.29, 0.717) is 51.1 Å². The lowest BCUT2D eigenvalue weighted by atomic mass is 10.3. The lowest BCUT2D eigenvalue weighted by Gasteiger charge is -2.13. The van der Waals surface area contributed by atoms with Crippen molar-refractivity contribution in [2.45, 2.75) is 30.9 Å². The summed E-state index contributed by atoms with van der Waals surface area (Å²) in [4.78, 5) is 8.98. The van der Waals surface area contributed by atoms with Gasteiger partial charge in [0.25, 0.3) is 5.76 Å². The molecule has 0 atom stereocenters. The van der Waals surface area contributed by atoms with Crippen LogP contribution in [0.15, 0.2) is 29.2 Å². The van der Waals surface area contributed by atoms with E-state index < -0.39 is 5.76 Å². The molecule has 1 aromatic heterocycles. The van der Waals surface area contributed by atoms with E-state index in [9.17, 15) is 8.78 Å². The van der Waals surface area contributed by atoms with Crippen LogP contribution in [0.4, 0.5) is 20.3 Å². The molecule has 2 rings (SSSR count). The van der Waals surface area contributed by atoms with Crippen molar-refractivity contribution in [3.05, 3.63) is 40.8 Å². The molecule has 1 aromatic carbocycles. The summed E-state index contributed by atoms with van der Waals surface area (Å²) in [5, 5.41) is 3.44. The van der Waals surface area contributed by atoms with Gasteiger partial charge in [-0.1, -0.05) is 42.4 Å². The molecule has 2 aromatic rings. The number of hydrogen-bond donors (Lipinski definition) is 1. The summed E-state index contributed by atoms with van der Waals surface area (Å²) in [5.74, 6) is -1.34. The average molecular weight is 330 g/mol. The maximum absolute atomic E-state index is 12.6. The predicted molar refractivity (Wildman–Crippen MR) is 82.7 cm³/mol. The minimum atomic E-state index is -2.48. The Morgan fingerprint density at radius 2 is 2.00 bits per heavy atom. The molecule has 3 nitrogen and oxygen atoms in total. The number of aryl methyl sites for hydroxylation is 1. The summed E-state index contributed by atoms with van der Waals surface area (Å²) >= 11 is 6.56. The van der Waals surface area contributed by atoms with Crippen LogP contribution in [0.3, 0.4) is 0 Å². The number of halogens is 3. The number of nitrogens with one attached hydrogen (secondary N) is 1. The highest BCUT2D eigenvalue weighted by Gasteiger charge is 2.13. The van der Waals surface area contributed by atoms with Crippen molar-refractivity contribution in [1.29, 1.82) is 0 Å². The molecule has 7 heteroatoms. The average Bonchev–Trinajstić information content (AvgIpc) is 2.45. The molecule has 0 spiro atoms. The maximum Gasteiger partial charge on any atom is 0.288 e. The van der Waals surface area contributed by atoms with Crippen LogP contribution in [0, 0.1) is 6.92 Å². The molecule has 0 aliphatic heterocycles. The second kappa shape index (κ2) is 7.04. The van der Waals surface area contributed by atoms with Crippen molar-refractivity contribution in [3.8, 4) is 0 Å². The lowest BCUT2D eigenvalue weighted by molar-refractivity contribution is 0.252. The van der Waals surface area contributed by atoms with E-state index in [-0.39, 0.29) is 0 Å². The third kappa shape index (κ3) is 4.04. The van der Waals surface area contributed by atoms with Crippen molar-refractivity contribution in [2.24, 2.45) is 0 Å². The van der Waals surface area contributed by atoms with Crippen LogP contribution in [0.2, 0.25) is 5.15 Å². The molecule has 112 valence electrons. The number of hydrogen-bond acceptors (Lipinski definition) is 4.